The Balaban J connectivity index is 1.36. The van der Waals surface area contributed by atoms with Crippen LogP contribution in [0.2, 0.25) is 0 Å². The van der Waals surface area contributed by atoms with Crippen molar-refractivity contribution in [2.45, 2.75) is 20.4 Å². The van der Waals surface area contributed by atoms with Gasteiger partial charge in [0.05, 0.1) is 5.39 Å². The van der Waals surface area contributed by atoms with Gasteiger partial charge in [0.1, 0.15) is 0 Å². The molecular weight excluding hydrogens is 368 g/mol. The fraction of sp³-hybridized carbons (Fsp3) is 0.333. The highest BCUT2D eigenvalue weighted by molar-refractivity contribution is 6.40. The predicted octanol–water partition coefficient (Wildman–Crippen LogP) is 1.86. The summed E-state index contributed by atoms with van der Waals surface area (Å²) in [4.78, 5) is 33.4. The molecule has 1 aliphatic rings. The number of rotatable bonds is 3. The summed E-state index contributed by atoms with van der Waals surface area (Å²) in [6.07, 6.45) is 0. The number of hydrogen-bond acceptors (Lipinski definition) is 5. The molecule has 1 saturated heterocycles. The van der Waals surface area contributed by atoms with Gasteiger partial charge < -0.3 is 10.2 Å². The number of carbonyl (C=O) groups is 2. The van der Waals surface area contributed by atoms with Crippen LogP contribution in [0.15, 0.2) is 36.4 Å². The van der Waals surface area contributed by atoms with Crippen molar-refractivity contribution in [1.82, 2.24) is 25.0 Å². The van der Waals surface area contributed by atoms with E-state index in [0.29, 0.717) is 24.6 Å². The third kappa shape index (κ3) is 4.12. The number of hydrogen-bond donors (Lipinski definition) is 2. The molecule has 4 rings (SSSR count). The van der Waals surface area contributed by atoms with Crippen LogP contribution in [-0.2, 0) is 16.1 Å². The topological polar surface area (TPSA) is 94.2 Å². The van der Waals surface area contributed by atoms with Crippen LogP contribution >= 0.6 is 0 Å². The summed E-state index contributed by atoms with van der Waals surface area (Å²) in [5.41, 5.74) is 3.65. The molecule has 3 heterocycles. The zero-order chi connectivity index (χ0) is 20.4. The second-order valence-corrected chi connectivity index (χ2v) is 7.38. The number of nitrogens with zero attached hydrogens (tertiary/aromatic N) is 4. The first-order valence-electron chi connectivity index (χ1n) is 9.70. The van der Waals surface area contributed by atoms with Crippen LogP contribution in [0.5, 0.6) is 0 Å². The zero-order valence-electron chi connectivity index (χ0n) is 16.6. The van der Waals surface area contributed by atoms with Gasteiger partial charge in [-0.25, -0.2) is 4.98 Å². The summed E-state index contributed by atoms with van der Waals surface area (Å²) in [6, 6.07) is 12.2. The fourth-order valence-corrected chi connectivity index (χ4v) is 3.73. The summed E-state index contributed by atoms with van der Waals surface area (Å²) in [5.74, 6) is -0.862. The van der Waals surface area contributed by atoms with E-state index < -0.39 is 11.8 Å². The summed E-state index contributed by atoms with van der Waals surface area (Å²) in [5, 5.41) is 10.3. The number of aryl methyl sites for hydroxylation is 2. The number of carbonyl (C=O) groups excluding carboxylic acids is 2. The van der Waals surface area contributed by atoms with Crippen LogP contribution in [0.3, 0.4) is 0 Å². The van der Waals surface area contributed by atoms with E-state index in [1.165, 1.54) is 5.56 Å². The molecule has 2 N–H and O–H groups in total. The summed E-state index contributed by atoms with van der Waals surface area (Å²) in [7, 11) is 0. The van der Waals surface area contributed by atoms with Crippen LogP contribution < -0.4 is 5.32 Å². The average Bonchev–Trinajstić information content (AvgIpc) is 3.11. The quantitative estimate of drug-likeness (QED) is 0.664. The third-order valence-corrected chi connectivity index (χ3v) is 5.19. The van der Waals surface area contributed by atoms with Crippen molar-refractivity contribution < 1.29 is 9.59 Å². The van der Waals surface area contributed by atoms with Crippen LogP contribution in [0.4, 0.5) is 5.82 Å². The number of piperazine rings is 1. The molecule has 29 heavy (non-hydrogen) atoms. The second-order valence-electron chi connectivity index (χ2n) is 7.38. The highest BCUT2D eigenvalue weighted by atomic mass is 16.2. The lowest BCUT2D eigenvalue weighted by molar-refractivity contribution is -0.144. The van der Waals surface area contributed by atoms with Crippen molar-refractivity contribution in [3.8, 4) is 0 Å². The molecule has 0 atom stereocenters. The number of aromatic amines is 1. The molecule has 2 amide bonds. The lowest BCUT2D eigenvalue weighted by Crippen LogP contribution is -2.51. The van der Waals surface area contributed by atoms with Gasteiger partial charge in [-0.2, -0.15) is 5.10 Å². The van der Waals surface area contributed by atoms with Crippen molar-refractivity contribution in [3.63, 3.8) is 0 Å². The number of benzene rings is 1. The Morgan fingerprint density at radius 1 is 1.10 bits per heavy atom. The zero-order valence-corrected chi connectivity index (χ0v) is 16.6. The lowest BCUT2D eigenvalue weighted by atomic mass is 10.2. The monoisotopic (exact) mass is 392 g/mol. The van der Waals surface area contributed by atoms with Gasteiger partial charge in [0, 0.05) is 38.4 Å². The number of fused-ring (bicyclic) bond motifs is 1. The standard InChI is InChI=1S/C21H24N6O2/c1-14-12-15(2)22-18-17(14)19(25-24-18)23-20(28)21(29)27-10-8-26(9-11-27)13-16-6-4-3-5-7-16/h3-7,12H,8-11,13H2,1-2H3,(H2,22,23,24,25,28). The fourth-order valence-electron chi connectivity index (χ4n) is 3.73. The Morgan fingerprint density at radius 2 is 1.83 bits per heavy atom. The van der Waals surface area contributed by atoms with E-state index in [-0.39, 0.29) is 0 Å². The van der Waals surface area contributed by atoms with Crippen LogP contribution in [0.25, 0.3) is 11.0 Å². The maximum absolute atomic E-state index is 12.6. The average molecular weight is 392 g/mol. The summed E-state index contributed by atoms with van der Waals surface area (Å²) >= 11 is 0. The number of nitrogens with one attached hydrogen (secondary N) is 2. The summed E-state index contributed by atoms with van der Waals surface area (Å²) < 4.78 is 0. The molecule has 0 aliphatic carbocycles. The number of pyridine rings is 1. The maximum atomic E-state index is 12.6. The first-order valence-corrected chi connectivity index (χ1v) is 9.70. The van der Waals surface area contributed by atoms with E-state index >= 15 is 0 Å². The largest absolute Gasteiger partial charge is 0.332 e. The minimum absolute atomic E-state index is 0.339. The normalized spacial score (nSPS) is 14.9. The van der Waals surface area contributed by atoms with E-state index in [2.05, 4.69) is 37.5 Å². The van der Waals surface area contributed by atoms with Crippen molar-refractivity contribution in [2.24, 2.45) is 0 Å². The van der Waals surface area contributed by atoms with E-state index in [1.54, 1.807) is 4.90 Å². The lowest BCUT2D eigenvalue weighted by Gasteiger charge is -2.34. The van der Waals surface area contributed by atoms with Crippen molar-refractivity contribution in [1.29, 1.82) is 0 Å². The number of amides is 2. The van der Waals surface area contributed by atoms with Crippen LogP contribution in [-0.4, -0.2) is 63.0 Å². The molecule has 8 heteroatoms. The van der Waals surface area contributed by atoms with Gasteiger partial charge in [-0.05, 0) is 31.0 Å². The van der Waals surface area contributed by atoms with Gasteiger partial charge in [-0.1, -0.05) is 30.3 Å². The molecule has 2 aromatic heterocycles. The molecule has 0 radical (unpaired) electrons. The van der Waals surface area contributed by atoms with Gasteiger partial charge in [-0.3, -0.25) is 19.6 Å². The van der Waals surface area contributed by atoms with E-state index in [4.69, 9.17) is 0 Å². The Morgan fingerprint density at radius 3 is 2.55 bits per heavy atom. The molecule has 0 bridgehead atoms. The van der Waals surface area contributed by atoms with Crippen LogP contribution in [0, 0.1) is 13.8 Å². The molecule has 8 nitrogen and oxygen atoms in total. The first kappa shape index (κ1) is 19.1. The Bertz CT molecular complexity index is 1040. The van der Waals surface area contributed by atoms with Gasteiger partial charge in [0.2, 0.25) is 0 Å². The van der Waals surface area contributed by atoms with Gasteiger partial charge >= 0.3 is 11.8 Å². The van der Waals surface area contributed by atoms with Crippen LogP contribution in [0.1, 0.15) is 16.8 Å². The highest BCUT2D eigenvalue weighted by Gasteiger charge is 2.27. The molecule has 0 saturated carbocycles. The molecule has 150 valence electrons. The minimum Gasteiger partial charge on any atom is -0.332 e. The van der Waals surface area contributed by atoms with Crippen molar-refractivity contribution in [3.05, 3.63) is 53.2 Å². The van der Waals surface area contributed by atoms with Crippen molar-refractivity contribution >= 4 is 28.7 Å². The minimum atomic E-state index is -0.671. The molecule has 1 aromatic carbocycles. The van der Waals surface area contributed by atoms with E-state index in [1.807, 2.05) is 38.1 Å². The van der Waals surface area contributed by atoms with Gasteiger partial charge in [0.15, 0.2) is 11.5 Å². The molecule has 1 fully saturated rings. The van der Waals surface area contributed by atoms with Crippen molar-refractivity contribution in [2.75, 3.05) is 31.5 Å². The number of anilines is 1. The highest BCUT2D eigenvalue weighted by Crippen LogP contribution is 2.23. The Kier molecular flexibility index (Phi) is 5.26. The Labute approximate surface area is 168 Å². The third-order valence-electron chi connectivity index (χ3n) is 5.19. The van der Waals surface area contributed by atoms with Gasteiger partial charge in [0.25, 0.3) is 0 Å². The predicted molar refractivity (Wildman–Crippen MR) is 110 cm³/mol. The smallest absolute Gasteiger partial charge is 0.315 e. The Hall–Kier alpha value is -3.26. The van der Waals surface area contributed by atoms with E-state index in [0.717, 1.165) is 36.3 Å². The molecular formula is C21H24N6O2. The SMILES string of the molecule is Cc1cc(C)c2c(NC(=O)C(=O)N3CCN(Cc4ccccc4)CC3)n[nH]c2n1. The maximum Gasteiger partial charge on any atom is 0.315 e. The first-order chi connectivity index (χ1) is 14.0. The van der Waals surface area contributed by atoms with E-state index in [9.17, 15) is 9.59 Å². The molecule has 0 unspecified atom stereocenters. The second kappa shape index (κ2) is 8.00. The number of aromatic nitrogens is 3. The molecule has 3 aromatic rings. The van der Waals surface area contributed by atoms with Gasteiger partial charge in [-0.15, -0.1) is 0 Å². The summed E-state index contributed by atoms with van der Waals surface area (Å²) in [6.45, 7) is 7.20. The molecule has 0 spiro atoms. The molecule has 1 aliphatic heterocycles. The number of H-pyrrole nitrogens is 1.